The van der Waals surface area contributed by atoms with E-state index < -0.39 is 11.7 Å². The highest BCUT2D eigenvalue weighted by Gasteiger charge is 2.30. The summed E-state index contributed by atoms with van der Waals surface area (Å²) in [5.41, 5.74) is 1.07. The second-order valence-electron chi connectivity index (χ2n) is 7.40. The van der Waals surface area contributed by atoms with Crippen LogP contribution in [0.5, 0.6) is 0 Å². The Morgan fingerprint density at radius 2 is 1.87 bits per heavy atom. The van der Waals surface area contributed by atoms with Crippen LogP contribution in [0.1, 0.15) is 30.0 Å². The minimum atomic E-state index is -4.42. The van der Waals surface area contributed by atoms with E-state index in [1.807, 2.05) is 0 Å². The van der Waals surface area contributed by atoms with E-state index >= 15 is 0 Å². The van der Waals surface area contributed by atoms with Crippen molar-refractivity contribution in [1.29, 1.82) is 0 Å². The zero-order valence-electron chi connectivity index (χ0n) is 16.1. The van der Waals surface area contributed by atoms with Crippen LogP contribution in [0, 0.1) is 0 Å². The van der Waals surface area contributed by atoms with Gasteiger partial charge < -0.3 is 14.8 Å². The molecule has 31 heavy (non-hydrogen) atoms. The molecular weight excluding hydrogens is 413 g/mol. The third-order valence-corrected chi connectivity index (χ3v) is 5.42. The number of hydrogen-bond donors (Lipinski definition) is 2. The molecule has 11 heteroatoms. The van der Waals surface area contributed by atoms with Crippen molar-refractivity contribution >= 4 is 5.65 Å². The molecule has 160 valence electrons. The highest BCUT2D eigenvalue weighted by Crippen LogP contribution is 2.32. The molecule has 1 fully saturated rings. The molecule has 5 rings (SSSR count). The Hall–Kier alpha value is -3.47. The Morgan fingerprint density at radius 1 is 1.13 bits per heavy atom. The molecule has 0 radical (unpaired) electrons. The standard InChI is InChI=1S/C20H17F3N6O2/c21-20(22,23)13-3-1-12(2-4-13)19-27-17(28-31-19)14-10-25-29-15(9-16(30)26-18(14)29)11-5-7-24-8-6-11/h1-4,9-11,24H,5-8H2,(H,26,30). The van der Waals surface area contributed by atoms with Gasteiger partial charge in [-0.15, -0.1) is 0 Å². The number of H-pyrrole nitrogens is 1. The largest absolute Gasteiger partial charge is 0.416 e. The van der Waals surface area contributed by atoms with Gasteiger partial charge >= 0.3 is 6.18 Å². The van der Waals surface area contributed by atoms with Gasteiger partial charge in [-0.05, 0) is 50.2 Å². The summed E-state index contributed by atoms with van der Waals surface area (Å²) in [4.78, 5) is 19.4. The first-order chi connectivity index (χ1) is 14.9. The Bertz CT molecular complexity index is 1280. The van der Waals surface area contributed by atoms with Crippen molar-refractivity contribution in [2.24, 2.45) is 0 Å². The second kappa shape index (κ2) is 7.34. The fourth-order valence-corrected chi connectivity index (χ4v) is 3.84. The maximum atomic E-state index is 12.8. The normalized spacial score (nSPS) is 15.6. The Balaban J connectivity index is 1.52. The molecule has 0 saturated carbocycles. The van der Waals surface area contributed by atoms with Crippen LogP contribution in [0.25, 0.3) is 28.5 Å². The number of fused-ring (bicyclic) bond motifs is 1. The van der Waals surface area contributed by atoms with E-state index in [1.165, 1.54) is 18.3 Å². The summed E-state index contributed by atoms with van der Waals surface area (Å²) >= 11 is 0. The third-order valence-electron chi connectivity index (χ3n) is 5.42. The Morgan fingerprint density at radius 3 is 2.58 bits per heavy atom. The van der Waals surface area contributed by atoms with E-state index in [4.69, 9.17) is 4.52 Å². The molecule has 2 N–H and O–H groups in total. The van der Waals surface area contributed by atoms with Crippen LogP contribution < -0.4 is 10.9 Å². The Labute approximate surface area is 173 Å². The molecule has 4 heterocycles. The molecule has 1 aliphatic rings. The molecule has 0 atom stereocenters. The van der Waals surface area contributed by atoms with E-state index in [1.54, 1.807) is 10.6 Å². The van der Waals surface area contributed by atoms with Crippen LogP contribution in [0.4, 0.5) is 13.2 Å². The lowest BCUT2D eigenvalue weighted by molar-refractivity contribution is -0.137. The number of rotatable bonds is 3. The molecule has 4 aromatic rings. The molecular formula is C20H17F3N6O2. The SMILES string of the molecule is O=c1cc(C2CCNCC2)n2ncc(-c3noc(-c4ccc(C(F)(F)F)cc4)n3)c2[nH]1. The van der Waals surface area contributed by atoms with Crippen molar-refractivity contribution in [3.63, 3.8) is 0 Å². The highest BCUT2D eigenvalue weighted by atomic mass is 19.4. The lowest BCUT2D eigenvalue weighted by atomic mass is 9.94. The van der Waals surface area contributed by atoms with Gasteiger partial charge in [0.15, 0.2) is 0 Å². The lowest BCUT2D eigenvalue weighted by Gasteiger charge is -2.23. The van der Waals surface area contributed by atoms with Crippen molar-refractivity contribution in [3.05, 3.63) is 58.1 Å². The fraction of sp³-hybridized carbons (Fsp3) is 0.300. The lowest BCUT2D eigenvalue weighted by Crippen LogP contribution is -2.28. The third kappa shape index (κ3) is 3.61. The number of benzene rings is 1. The summed E-state index contributed by atoms with van der Waals surface area (Å²) < 4.78 is 45.2. The van der Waals surface area contributed by atoms with Crippen molar-refractivity contribution in [1.82, 2.24) is 30.1 Å². The van der Waals surface area contributed by atoms with Crippen molar-refractivity contribution < 1.29 is 17.7 Å². The maximum Gasteiger partial charge on any atom is 0.416 e. The number of piperidine rings is 1. The first kappa shape index (κ1) is 19.5. The predicted molar refractivity (Wildman–Crippen MR) is 104 cm³/mol. The molecule has 1 aliphatic heterocycles. The number of nitrogens with one attached hydrogen (secondary N) is 2. The second-order valence-corrected chi connectivity index (χ2v) is 7.40. The van der Waals surface area contributed by atoms with Gasteiger partial charge in [-0.3, -0.25) is 4.79 Å². The fourth-order valence-electron chi connectivity index (χ4n) is 3.84. The van der Waals surface area contributed by atoms with E-state index in [0.29, 0.717) is 16.8 Å². The van der Waals surface area contributed by atoms with E-state index in [2.05, 4.69) is 25.5 Å². The van der Waals surface area contributed by atoms with Gasteiger partial charge in [-0.1, -0.05) is 5.16 Å². The minimum absolute atomic E-state index is 0.0694. The van der Waals surface area contributed by atoms with Crippen LogP contribution >= 0.6 is 0 Å². The zero-order valence-corrected chi connectivity index (χ0v) is 16.1. The first-order valence-corrected chi connectivity index (χ1v) is 9.73. The van der Waals surface area contributed by atoms with Crippen molar-refractivity contribution in [3.8, 4) is 22.8 Å². The van der Waals surface area contributed by atoms with Gasteiger partial charge in [0, 0.05) is 17.5 Å². The average Bonchev–Trinajstić information content (AvgIpc) is 3.40. The summed E-state index contributed by atoms with van der Waals surface area (Å²) in [5, 5.41) is 11.6. The van der Waals surface area contributed by atoms with Gasteiger partial charge in [-0.2, -0.15) is 23.3 Å². The molecule has 3 aromatic heterocycles. The minimum Gasteiger partial charge on any atom is -0.334 e. The van der Waals surface area contributed by atoms with Gasteiger partial charge in [-0.25, -0.2) is 4.52 Å². The number of halogens is 3. The van der Waals surface area contributed by atoms with Crippen molar-refractivity contribution in [2.45, 2.75) is 24.9 Å². The van der Waals surface area contributed by atoms with Crippen LogP contribution in [0.3, 0.4) is 0 Å². The van der Waals surface area contributed by atoms with Crippen LogP contribution in [0.15, 0.2) is 45.8 Å². The maximum absolute atomic E-state index is 12.8. The summed E-state index contributed by atoms with van der Waals surface area (Å²) in [6, 6.07) is 6.01. The summed E-state index contributed by atoms with van der Waals surface area (Å²) in [7, 11) is 0. The summed E-state index contributed by atoms with van der Waals surface area (Å²) in [6.45, 7) is 1.74. The van der Waals surface area contributed by atoms with Crippen LogP contribution in [0.2, 0.25) is 0 Å². The van der Waals surface area contributed by atoms with Gasteiger partial charge in [0.05, 0.1) is 23.0 Å². The molecule has 0 spiro atoms. The monoisotopic (exact) mass is 430 g/mol. The smallest absolute Gasteiger partial charge is 0.334 e. The number of hydrogen-bond acceptors (Lipinski definition) is 6. The number of aromatic amines is 1. The molecule has 0 aliphatic carbocycles. The molecule has 8 nitrogen and oxygen atoms in total. The predicted octanol–water partition coefficient (Wildman–Crippen LogP) is 3.23. The molecule has 0 bridgehead atoms. The molecule has 0 amide bonds. The molecule has 1 aromatic carbocycles. The van der Waals surface area contributed by atoms with Gasteiger partial charge in [0.25, 0.3) is 11.4 Å². The number of nitrogens with zero attached hydrogens (tertiary/aromatic N) is 4. The summed E-state index contributed by atoms with van der Waals surface area (Å²) in [5.74, 6) is 0.453. The molecule has 0 unspecified atom stereocenters. The van der Waals surface area contributed by atoms with Gasteiger partial charge in [0.1, 0.15) is 5.65 Å². The van der Waals surface area contributed by atoms with E-state index in [0.717, 1.165) is 43.8 Å². The summed E-state index contributed by atoms with van der Waals surface area (Å²) in [6.07, 6.45) is -1.09. The topological polar surface area (TPSA) is 101 Å². The average molecular weight is 430 g/mol. The quantitative estimate of drug-likeness (QED) is 0.518. The van der Waals surface area contributed by atoms with Gasteiger partial charge in [0.2, 0.25) is 5.82 Å². The zero-order chi connectivity index (χ0) is 21.6. The molecule has 1 saturated heterocycles. The van der Waals surface area contributed by atoms with E-state index in [-0.39, 0.29) is 23.2 Å². The van der Waals surface area contributed by atoms with Crippen molar-refractivity contribution in [2.75, 3.05) is 13.1 Å². The Kier molecular flexibility index (Phi) is 4.62. The highest BCUT2D eigenvalue weighted by molar-refractivity contribution is 5.73. The van der Waals surface area contributed by atoms with Crippen LogP contribution in [-0.2, 0) is 6.18 Å². The number of aromatic nitrogens is 5. The van der Waals surface area contributed by atoms with Crippen LogP contribution in [-0.4, -0.2) is 37.8 Å². The first-order valence-electron chi connectivity index (χ1n) is 9.73. The number of alkyl halides is 3. The van der Waals surface area contributed by atoms with E-state index in [9.17, 15) is 18.0 Å².